The second-order valence-electron chi connectivity index (χ2n) is 3.53. The summed E-state index contributed by atoms with van der Waals surface area (Å²) in [5.41, 5.74) is 8.55. The summed E-state index contributed by atoms with van der Waals surface area (Å²) in [6, 6.07) is 2.06. The molecule has 3 N–H and O–H groups in total. The van der Waals surface area contributed by atoms with E-state index in [1.165, 1.54) is 5.69 Å². The lowest BCUT2D eigenvalue weighted by Crippen LogP contribution is -1.96. The number of aromatic nitrogens is 3. The zero-order chi connectivity index (χ0) is 9.42. The fraction of sp³-hybridized carbons (Fsp3) is 0.444. The Morgan fingerprint density at radius 1 is 1.62 bits per heavy atom. The van der Waals surface area contributed by atoms with Crippen molar-refractivity contribution in [3.63, 3.8) is 0 Å². The minimum Gasteiger partial charge on any atom is -0.325 e. The van der Waals surface area contributed by atoms with Crippen LogP contribution in [-0.4, -0.2) is 14.6 Å². The van der Waals surface area contributed by atoms with E-state index < -0.39 is 0 Å². The van der Waals surface area contributed by atoms with Gasteiger partial charge in [0.15, 0.2) is 5.65 Å². The maximum atomic E-state index is 5.48. The van der Waals surface area contributed by atoms with Crippen molar-refractivity contribution in [2.24, 2.45) is 5.73 Å². The summed E-state index contributed by atoms with van der Waals surface area (Å²) in [6.07, 6.45) is 1.93. The van der Waals surface area contributed by atoms with Crippen LogP contribution >= 0.6 is 0 Å². The molecule has 0 saturated carbocycles. The van der Waals surface area contributed by atoms with Gasteiger partial charge < -0.3 is 5.73 Å². The number of rotatable bonds is 2. The first-order valence-electron chi connectivity index (χ1n) is 4.47. The van der Waals surface area contributed by atoms with E-state index in [1.807, 2.05) is 10.7 Å². The van der Waals surface area contributed by atoms with Gasteiger partial charge in [0.25, 0.3) is 0 Å². The van der Waals surface area contributed by atoms with Gasteiger partial charge in [-0.2, -0.15) is 0 Å². The average Bonchev–Trinajstić information content (AvgIpc) is 2.58. The summed E-state index contributed by atoms with van der Waals surface area (Å²) < 4.78 is 1.91. The highest BCUT2D eigenvalue weighted by atomic mass is 15.3. The van der Waals surface area contributed by atoms with Gasteiger partial charge in [0.1, 0.15) is 0 Å². The number of nitrogens with zero attached hydrogens (tertiary/aromatic N) is 2. The van der Waals surface area contributed by atoms with Crippen molar-refractivity contribution >= 4 is 5.65 Å². The second-order valence-corrected chi connectivity index (χ2v) is 3.53. The highest BCUT2D eigenvalue weighted by Gasteiger charge is 2.06. The smallest absolute Gasteiger partial charge is 0.153 e. The van der Waals surface area contributed by atoms with E-state index in [0.29, 0.717) is 12.5 Å². The summed E-state index contributed by atoms with van der Waals surface area (Å²) in [5.74, 6) is 0.503. The zero-order valence-corrected chi connectivity index (χ0v) is 7.91. The monoisotopic (exact) mass is 178 g/mol. The van der Waals surface area contributed by atoms with E-state index in [9.17, 15) is 0 Å². The standard InChI is InChI=1S/C9H14N4/c1-6(2)8-3-9-11-7(4-10)5-13(9)12-8/h3,5-6,12H,4,10H2,1-2H3. The largest absolute Gasteiger partial charge is 0.325 e. The van der Waals surface area contributed by atoms with Gasteiger partial charge in [-0.15, -0.1) is 0 Å². The third-order valence-corrected chi connectivity index (χ3v) is 2.15. The minimum absolute atomic E-state index is 0.493. The molecule has 4 heteroatoms. The molecule has 0 aromatic carbocycles. The molecule has 0 spiro atoms. The topological polar surface area (TPSA) is 59.1 Å². The maximum absolute atomic E-state index is 5.48. The summed E-state index contributed by atoms with van der Waals surface area (Å²) in [4.78, 5) is 4.34. The number of hydrogen-bond donors (Lipinski definition) is 2. The molecule has 2 aromatic heterocycles. The van der Waals surface area contributed by atoms with Crippen LogP contribution < -0.4 is 5.73 Å². The molecule has 0 saturated heterocycles. The van der Waals surface area contributed by atoms with E-state index in [2.05, 4.69) is 30.0 Å². The van der Waals surface area contributed by atoms with Gasteiger partial charge in [0.05, 0.1) is 11.9 Å². The van der Waals surface area contributed by atoms with Crippen LogP contribution in [0.3, 0.4) is 0 Å². The Morgan fingerprint density at radius 2 is 2.38 bits per heavy atom. The number of nitrogens with one attached hydrogen (secondary N) is 1. The molecule has 0 aliphatic rings. The van der Waals surface area contributed by atoms with Crippen molar-refractivity contribution in [2.75, 3.05) is 0 Å². The Kier molecular flexibility index (Phi) is 1.84. The van der Waals surface area contributed by atoms with Gasteiger partial charge in [-0.3, -0.25) is 5.10 Å². The first-order valence-corrected chi connectivity index (χ1v) is 4.47. The second kappa shape index (κ2) is 2.88. The zero-order valence-electron chi connectivity index (χ0n) is 7.91. The fourth-order valence-electron chi connectivity index (χ4n) is 1.34. The maximum Gasteiger partial charge on any atom is 0.153 e. The molecule has 13 heavy (non-hydrogen) atoms. The van der Waals surface area contributed by atoms with Crippen LogP contribution in [0.1, 0.15) is 31.2 Å². The van der Waals surface area contributed by atoms with E-state index in [0.717, 1.165) is 11.3 Å². The molecule has 2 aromatic rings. The molecule has 2 rings (SSSR count). The molecule has 0 amide bonds. The number of fused-ring (bicyclic) bond motifs is 1. The van der Waals surface area contributed by atoms with Gasteiger partial charge in [0, 0.05) is 18.3 Å². The van der Waals surface area contributed by atoms with Gasteiger partial charge in [-0.25, -0.2) is 9.50 Å². The molecular weight excluding hydrogens is 164 g/mol. The fourth-order valence-corrected chi connectivity index (χ4v) is 1.34. The van der Waals surface area contributed by atoms with E-state index in [4.69, 9.17) is 5.73 Å². The van der Waals surface area contributed by atoms with Crippen molar-refractivity contribution in [1.82, 2.24) is 14.6 Å². The SMILES string of the molecule is CC(C)c1cc2nc(CN)cn2[nH]1. The van der Waals surface area contributed by atoms with Crippen molar-refractivity contribution in [3.8, 4) is 0 Å². The molecule has 0 radical (unpaired) electrons. The Labute approximate surface area is 76.7 Å². The quantitative estimate of drug-likeness (QED) is 0.727. The summed E-state index contributed by atoms with van der Waals surface area (Å²) in [7, 11) is 0. The van der Waals surface area contributed by atoms with E-state index >= 15 is 0 Å². The highest BCUT2D eigenvalue weighted by Crippen LogP contribution is 2.14. The first-order chi connectivity index (χ1) is 6.20. The molecule has 0 fully saturated rings. The van der Waals surface area contributed by atoms with Gasteiger partial charge in [-0.05, 0) is 5.92 Å². The number of hydrogen-bond acceptors (Lipinski definition) is 2. The van der Waals surface area contributed by atoms with Crippen molar-refractivity contribution in [3.05, 3.63) is 23.7 Å². The Balaban J connectivity index is 2.48. The third kappa shape index (κ3) is 1.33. The molecule has 0 bridgehead atoms. The molecule has 4 nitrogen and oxygen atoms in total. The lowest BCUT2D eigenvalue weighted by molar-refractivity contribution is 0.788. The molecule has 0 aliphatic heterocycles. The first kappa shape index (κ1) is 8.31. The van der Waals surface area contributed by atoms with Crippen LogP contribution in [0.25, 0.3) is 5.65 Å². The predicted octanol–water partition coefficient (Wildman–Crippen LogP) is 1.24. The van der Waals surface area contributed by atoms with Crippen LogP contribution in [0.15, 0.2) is 12.3 Å². The van der Waals surface area contributed by atoms with Crippen LogP contribution in [0.4, 0.5) is 0 Å². The van der Waals surface area contributed by atoms with E-state index in [-0.39, 0.29) is 0 Å². The summed E-state index contributed by atoms with van der Waals surface area (Å²) in [5, 5.41) is 3.25. The lowest BCUT2D eigenvalue weighted by atomic mass is 10.1. The number of imidazole rings is 1. The van der Waals surface area contributed by atoms with Crippen molar-refractivity contribution in [2.45, 2.75) is 26.3 Å². The molecule has 2 heterocycles. The van der Waals surface area contributed by atoms with E-state index in [1.54, 1.807) is 0 Å². The molecule has 0 atom stereocenters. The Hall–Kier alpha value is -1.29. The number of aromatic amines is 1. The average molecular weight is 178 g/mol. The minimum atomic E-state index is 0.493. The predicted molar refractivity (Wildman–Crippen MR) is 51.5 cm³/mol. The Morgan fingerprint density at radius 3 is 2.92 bits per heavy atom. The van der Waals surface area contributed by atoms with Gasteiger partial charge in [-0.1, -0.05) is 13.8 Å². The summed E-state index contributed by atoms with van der Waals surface area (Å²) in [6.45, 7) is 4.79. The van der Waals surface area contributed by atoms with Crippen LogP contribution in [0, 0.1) is 0 Å². The number of H-pyrrole nitrogens is 1. The van der Waals surface area contributed by atoms with Crippen LogP contribution in [-0.2, 0) is 6.54 Å². The molecule has 0 unspecified atom stereocenters. The van der Waals surface area contributed by atoms with Gasteiger partial charge >= 0.3 is 0 Å². The molecule has 0 aliphatic carbocycles. The number of nitrogens with two attached hydrogens (primary N) is 1. The van der Waals surface area contributed by atoms with Crippen LogP contribution in [0.5, 0.6) is 0 Å². The highest BCUT2D eigenvalue weighted by molar-refractivity contribution is 5.41. The Bertz CT molecular complexity index is 379. The van der Waals surface area contributed by atoms with Crippen molar-refractivity contribution < 1.29 is 0 Å². The third-order valence-electron chi connectivity index (χ3n) is 2.15. The van der Waals surface area contributed by atoms with Crippen LogP contribution in [0.2, 0.25) is 0 Å². The summed E-state index contributed by atoms with van der Waals surface area (Å²) >= 11 is 0. The van der Waals surface area contributed by atoms with Gasteiger partial charge in [0.2, 0.25) is 0 Å². The lowest BCUT2D eigenvalue weighted by Gasteiger charge is -1.97. The molecular formula is C9H14N4. The van der Waals surface area contributed by atoms with Crippen molar-refractivity contribution in [1.29, 1.82) is 0 Å². The normalized spacial score (nSPS) is 11.7. The molecule has 70 valence electrons.